The van der Waals surface area contributed by atoms with E-state index in [-0.39, 0.29) is 5.54 Å². The van der Waals surface area contributed by atoms with Gasteiger partial charge < -0.3 is 4.98 Å². The normalized spacial score (nSPS) is 18.8. The van der Waals surface area contributed by atoms with E-state index in [1.807, 2.05) is 11.3 Å². The smallest absolute Gasteiger partial charge is 0.168 e. The predicted molar refractivity (Wildman–Crippen MR) is 138 cm³/mol. The van der Waals surface area contributed by atoms with Crippen molar-refractivity contribution in [1.82, 2.24) is 4.98 Å². The molecule has 2 atom stereocenters. The molecule has 1 N–H and O–H groups in total. The quantitative estimate of drug-likeness (QED) is 0.433. The summed E-state index contributed by atoms with van der Waals surface area (Å²) in [6.07, 6.45) is 0. The molecule has 3 heteroatoms. The highest BCUT2D eigenvalue weighted by atomic mass is 32.1. The van der Waals surface area contributed by atoms with E-state index in [1.165, 1.54) is 37.9 Å². The first-order chi connectivity index (χ1) is 13.9. The van der Waals surface area contributed by atoms with Crippen LogP contribution >= 0.6 is 11.3 Å². The van der Waals surface area contributed by atoms with Crippen LogP contribution in [-0.4, -0.2) is 13.8 Å². The fourth-order valence-corrected chi connectivity index (χ4v) is 13.9. The predicted octanol–water partition coefficient (Wildman–Crippen LogP) is 7.13. The number of fused-ring (bicyclic) bond motifs is 3. The Morgan fingerprint density at radius 2 is 1.53 bits per heavy atom. The van der Waals surface area contributed by atoms with Crippen molar-refractivity contribution in [2.24, 2.45) is 0 Å². The van der Waals surface area contributed by atoms with Gasteiger partial charge in [0, 0.05) is 26.0 Å². The Morgan fingerprint density at radius 1 is 0.933 bits per heavy atom. The van der Waals surface area contributed by atoms with Crippen LogP contribution in [0.2, 0.25) is 6.55 Å². The minimum Gasteiger partial charge on any atom is -0.328 e. The second kappa shape index (κ2) is 7.18. The van der Waals surface area contributed by atoms with Crippen molar-refractivity contribution in [2.45, 2.75) is 73.0 Å². The van der Waals surface area contributed by atoms with Gasteiger partial charge in [0.25, 0.3) is 0 Å². The van der Waals surface area contributed by atoms with Crippen molar-refractivity contribution >= 4 is 40.4 Å². The molecule has 0 fully saturated rings. The molecule has 3 aromatic rings. The molecule has 1 nitrogen and oxygen atoms in total. The lowest BCUT2D eigenvalue weighted by molar-refractivity contribution is 0.510. The molecule has 158 valence electrons. The maximum atomic E-state index is 4.24. The van der Waals surface area contributed by atoms with Crippen molar-refractivity contribution in [3.63, 3.8) is 0 Å². The van der Waals surface area contributed by atoms with Crippen LogP contribution in [-0.2, 0) is 0 Å². The van der Waals surface area contributed by atoms with Gasteiger partial charge in [0.05, 0.1) is 0 Å². The highest BCUT2D eigenvalue weighted by molar-refractivity contribution is 7.20. The summed E-state index contributed by atoms with van der Waals surface area (Å²) in [6, 6.07) is 13.7. The average Bonchev–Trinajstić information content (AvgIpc) is 3.07. The molecule has 2 unspecified atom stereocenters. The molecule has 1 heterocycles. The first-order valence-electron chi connectivity index (χ1n) is 11.0. The van der Waals surface area contributed by atoms with E-state index >= 15 is 0 Å². The lowest BCUT2D eigenvalue weighted by Crippen LogP contribution is -2.68. The third kappa shape index (κ3) is 3.32. The zero-order chi connectivity index (χ0) is 22.0. The van der Waals surface area contributed by atoms with E-state index in [0.717, 1.165) is 0 Å². The first-order valence-corrected chi connectivity index (χ1v) is 14.4. The minimum absolute atomic E-state index is 0.0539. The second-order valence-corrected chi connectivity index (χ2v) is 15.2. The van der Waals surface area contributed by atoms with Crippen LogP contribution < -0.4 is 10.2 Å². The highest BCUT2D eigenvalue weighted by Crippen LogP contribution is 2.52. The van der Waals surface area contributed by atoms with Gasteiger partial charge in [0.15, 0.2) is 8.24 Å². The molecule has 0 saturated heterocycles. The number of hydrogen-bond donors (Lipinski definition) is 1. The minimum atomic E-state index is -2.16. The molecule has 2 aromatic carbocycles. The summed E-state index contributed by atoms with van der Waals surface area (Å²) < 4.78 is 1.42. The Kier molecular flexibility index (Phi) is 5.16. The lowest BCUT2D eigenvalue weighted by atomic mass is 10.1. The third-order valence-corrected chi connectivity index (χ3v) is 13.1. The summed E-state index contributed by atoms with van der Waals surface area (Å²) in [4.78, 5) is 5.82. The van der Waals surface area contributed by atoms with Gasteiger partial charge in [0.2, 0.25) is 0 Å². The van der Waals surface area contributed by atoms with Crippen LogP contribution in [0, 0.1) is 20.8 Å². The van der Waals surface area contributed by atoms with Crippen molar-refractivity contribution in [3.05, 3.63) is 69.1 Å². The maximum absolute atomic E-state index is 4.24. The highest BCUT2D eigenvalue weighted by Gasteiger charge is 2.49. The molecule has 0 spiro atoms. The van der Waals surface area contributed by atoms with E-state index in [4.69, 9.17) is 0 Å². The van der Waals surface area contributed by atoms with Crippen LogP contribution in [0.3, 0.4) is 0 Å². The summed E-state index contributed by atoms with van der Waals surface area (Å²) >= 11 is 2.02. The Morgan fingerprint density at radius 3 is 2.13 bits per heavy atom. The van der Waals surface area contributed by atoms with Gasteiger partial charge >= 0.3 is 0 Å². The van der Waals surface area contributed by atoms with Crippen molar-refractivity contribution < 1.29 is 0 Å². The van der Waals surface area contributed by atoms with E-state index < -0.39 is 8.24 Å². The standard InChI is InChI=1S/C27H35NSSi/c1-16-14-17(2)25(18(3)15-16)30(9,28-27(6,7)8)26-20(5)19(4)23-21-12-10-11-13-22(21)29-24(23)26/h10-15,26,28H,1-9H3. The summed E-state index contributed by atoms with van der Waals surface area (Å²) in [6.45, 7) is 21.1. The number of allylic oxidation sites excluding steroid dienone is 2. The SMILES string of the molecule is CC1=C(C)C([Si](C)(NC(C)(C)C)c2c(C)cc(C)cc2C)c2sc3ccccc3c21. The zero-order valence-electron chi connectivity index (χ0n) is 19.9. The van der Waals surface area contributed by atoms with E-state index in [1.54, 1.807) is 15.6 Å². The van der Waals surface area contributed by atoms with Crippen molar-refractivity contribution in [2.75, 3.05) is 0 Å². The Bertz CT molecular complexity index is 1150. The third-order valence-electron chi connectivity index (χ3n) is 6.69. The van der Waals surface area contributed by atoms with Gasteiger partial charge in [-0.3, -0.25) is 0 Å². The fraction of sp³-hybridized carbons (Fsp3) is 0.407. The van der Waals surface area contributed by atoms with E-state index in [2.05, 4.69) is 103 Å². The van der Waals surface area contributed by atoms with Crippen LogP contribution in [0.25, 0.3) is 15.7 Å². The lowest BCUT2D eigenvalue weighted by Gasteiger charge is -2.43. The summed E-state index contributed by atoms with van der Waals surface area (Å²) in [5, 5.41) is 3.02. The largest absolute Gasteiger partial charge is 0.328 e. The molecular formula is C27H35NSSi. The van der Waals surface area contributed by atoms with Gasteiger partial charge in [-0.05, 0) is 88.9 Å². The fourth-order valence-electron chi connectivity index (χ4n) is 6.02. The topological polar surface area (TPSA) is 12.0 Å². The number of rotatable bonds is 3. The number of thiophene rings is 1. The average molecular weight is 434 g/mol. The number of hydrogen-bond acceptors (Lipinski definition) is 2. The molecule has 0 saturated carbocycles. The molecule has 30 heavy (non-hydrogen) atoms. The summed E-state index contributed by atoms with van der Waals surface area (Å²) in [5.41, 5.74) is 9.32. The van der Waals surface area contributed by atoms with Crippen molar-refractivity contribution in [1.29, 1.82) is 0 Å². The first kappa shape index (κ1) is 21.5. The van der Waals surface area contributed by atoms with E-state index in [0.29, 0.717) is 5.54 Å². The van der Waals surface area contributed by atoms with Gasteiger partial charge in [-0.15, -0.1) is 11.3 Å². The Labute approximate surface area is 187 Å². The Hall–Kier alpha value is -1.68. The number of aryl methyl sites for hydroxylation is 3. The molecule has 0 aliphatic heterocycles. The van der Waals surface area contributed by atoms with Crippen molar-refractivity contribution in [3.8, 4) is 0 Å². The second-order valence-electron chi connectivity index (χ2n) is 10.4. The van der Waals surface area contributed by atoms with Crippen LogP contribution in [0.4, 0.5) is 0 Å². The van der Waals surface area contributed by atoms with Crippen LogP contribution in [0.5, 0.6) is 0 Å². The van der Waals surface area contributed by atoms with Crippen LogP contribution in [0.15, 0.2) is 42.0 Å². The van der Waals surface area contributed by atoms with Gasteiger partial charge in [-0.25, -0.2) is 0 Å². The van der Waals surface area contributed by atoms with Gasteiger partial charge in [0.1, 0.15) is 0 Å². The molecule has 0 radical (unpaired) electrons. The molecule has 0 bridgehead atoms. The number of benzene rings is 2. The molecule has 4 rings (SSSR count). The molecular weight excluding hydrogens is 398 g/mol. The molecule has 0 amide bonds. The van der Waals surface area contributed by atoms with Gasteiger partial charge in [-0.2, -0.15) is 0 Å². The van der Waals surface area contributed by atoms with Gasteiger partial charge in [-0.1, -0.05) is 48.0 Å². The zero-order valence-corrected chi connectivity index (χ0v) is 21.8. The molecule has 1 aliphatic rings. The summed E-state index contributed by atoms with van der Waals surface area (Å²) in [5.74, 6) is 0. The molecule has 1 aliphatic carbocycles. The number of nitrogens with one attached hydrogen (secondary N) is 1. The van der Waals surface area contributed by atoms with E-state index in [9.17, 15) is 0 Å². The maximum Gasteiger partial charge on any atom is 0.168 e. The summed E-state index contributed by atoms with van der Waals surface area (Å²) in [7, 11) is -2.16. The monoisotopic (exact) mass is 433 g/mol. The van der Waals surface area contributed by atoms with Crippen LogP contribution in [0.1, 0.15) is 67.3 Å². The Balaban J connectivity index is 2.03. The molecule has 1 aromatic heterocycles.